The minimum absolute atomic E-state index is 0.0514. The lowest BCUT2D eigenvalue weighted by molar-refractivity contribution is -0.139. The van der Waals surface area contributed by atoms with Gasteiger partial charge in [-0.15, -0.1) is 0 Å². The van der Waals surface area contributed by atoms with E-state index in [1.165, 1.54) is 0 Å². The maximum Gasteiger partial charge on any atom is 0.295 e. The average molecular weight is 509 g/mol. The highest BCUT2D eigenvalue weighted by atomic mass is 16.5. The minimum Gasteiger partial charge on any atom is -0.507 e. The van der Waals surface area contributed by atoms with E-state index in [1.54, 1.807) is 29.2 Å². The molecule has 2 aliphatic rings. The molecule has 1 N–H and O–H groups in total. The zero-order valence-electron chi connectivity index (χ0n) is 22.2. The number of carbonyl (C=O) groups is 2. The molecule has 8 heteroatoms. The molecule has 2 aromatic carbocycles. The van der Waals surface area contributed by atoms with Crippen LogP contribution < -0.4 is 14.2 Å². The van der Waals surface area contributed by atoms with E-state index in [0.29, 0.717) is 48.8 Å². The van der Waals surface area contributed by atoms with E-state index in [4.69, 9.17) is 14.2 Å². The van der Waals surface area contributed by atoms with Crippen molar-refractivity contribution in [2.24, 2.45) is 0 Å². The van der Waals surface area contributed by atoms with Crippen LogP contribution >= 0.6 is 0 Å². The van der Waals surface area contributed by atoms with E-state index in [0.717, 1.165) is 24.3 Å². The second-order valence-electron chi connectivity index (χ2n) is 9.68. The highest BCUT2D eigenvalue weighted by Gasteiger charge is 2.46. The van der Waals surface area contributed by atoms with Gasteiger partial charge in [0, 0.05) is 18.5 Å². The van der Waals surface area contributed by atoms with E-state index in [9.17, 15) is 14.7 Å². The summed E-state index contributed by atoms with van der Waals surface area (Å²) in [7, 11) is 3.93. The van der Waals surface area contributed by atoms with Crippen molar-refractivity contribution < 1.29 is 28.9 Å². The van der Waals surface area contributed by atoms with Crippen LogP contribution in [0.1, 0.15) is 49.9 Å². The zero-order valence-corrected chi connectivity index (χ0v) is 22.2. The summed E-state index contributed by atoms with van der Waals surface area (Å²) in [6.45, 7) is 7.80. The molecule has 0 aromatic heterocycles. The lowest BCUT2D eigenvalue weighted by atomic mass is 9.94. The van der Waals surface area contributed by atoms with Crippen molar-refractivity contribution in [3.63, 3.8) is 0 Å². The Labute approximate surface area is 218 Å². The molecular formula is C29H36N2O6. The van der Waals surface area contributed by atoms with Crippen LogP contribution in [0, 0.1) is 0 Å². The third-order valence-corrected chi connectivity index (χ3v) is 6.60. The second kappa shape index (κ2) is 11.3. The average Bonchev–Trinajstić information content (AvgIpc) is 3.35. The number of hydrogen-bond donors (Lipinski definition) is 1. The molecule has 8 nitrogen and oxygen atoms in total. The Bertz CT molecular complexity index is 1200. The number of amides is 1. The summed E-state index contributed by atoms with van der Waals surface area (Å²) in [4.78, 5) is 30.2. The number of likely N-dealkylation sites (tertiary alicyclic amines) is 1. The first-order valence-electron chi connectivity index (χ1n) is 12.9. The van der Waals surface area contributed by atoms with Crippen molar-refractivity contribution in [3.05, 3.63) is 58.7 Å². The number of benzene rings is 2. The van der Waals surface area contributed by atoms with E-state index in [2.05, 4.69) is 0 Å². The third-order valence-electron chi connectivity index (χ3n) is 6.60. The molecule has 2 heterocycles. The smallest absolute Gasteiger partial charge is 0.295 e. The van der Waals surface area contributed by atoms with Gasteiger partial charge in [0.1, 0.15) is 17.6 Å². The minimum atomic E-state index is -0.750. The number of hydrogen-bond acceptors (Lipinski definition) is 7. The van der Waals surface area contributed by atoms with Crippen LogP contribution in [0.4, 0.5) is 0 Å². The lowest BCUT2D eigenvalue weighted by Gasteiger charge is -2.26. The topological polar surface area (TPSA) is 88.5 Å². The summed E-state index contributed by atoms with van der Waals surface area (Å²) >= 11 is 0. The maximum absolute atomic E-state index is 13.4. The van der Waals surface area contributed by atoms with Crippen LogP contribution in [0.3, 0.4) is 0 Å². The molecular weight excluding hydrogens is 472 g/mol. The first-order valence-corrected chi connectivity index (χ1v) is 12.9. The molecule has 1 amide bonds. The second-order valence-corrected chi connectivity index (χ2v) is 9.68. The number of rotatable bonds is 10. The van der Waals surface area contributed by atoms with Gasteiger partial charge in [-0.1, -0.05) is 6.07 Å². The van der Waals surface area contributed by atoms with Gasteiger partial charge < -0.3 is 29.1 Å². The van der Waals surface area contributed by atoms with Crippen molar-refractivity contribution in [2.75, 3.05) is 40.4 Å². The predicted octanol–water partition coefficient (Wildman–Crippen LogP) is 4.18. The molecule has 37 heavy (non-hydrogen) atoms. The van der Waals surface area contributed by atoms with E-state index in [1.807, 2.05) is 51.9 Å². The zero-order chi connectivity index (χ0) is 26.7. The number of ether oxygens (including phenoxy) is 3. The Kier molecular flexibility index (Phi) is 8.07. The highest BCUT2D eigenvalue weighted by Crippen LogP contribution is 2.43. The molecule has 1 saturated heterocycles. The van der Waals surface area contributed by atoms with E-state index < -0.39 is 17.7 Å². The Hall–Kier alpha value is -3.52. The summed E-state index contributed by atoms with van der Waals surface area (Å²) in [5, 5.41) is 11.5. The van der Waals surface area contributed by atoms with Crippen LogP contribution in [-0.2, 0) is 16.0 Å². The molecule has 2 aromatic rings. The lowest BCUT2D eigenvalue weighted by Crippen LogP contribution is -2.32. The van der Waals surface area contributed by atoms with Gasteiger partial charge in [0.05, 0.1) is 24.8 Å². The summed E-state index contributed by atoms with van der Waals surface area (Å²) in [6, 6.07) is 10.0. The molecule has 0 saturated carbocycles. The van der Waals surface area contributed by atoms with Crippen LogP contribution in [0.5, 0.6) is 17.2 Å². The predicted molar refractivity (Wildman–Crippen MR) is 141 cm³/mol. The summed E-state index contributed by atoms with van der Waals surface area (Å²) < 4.78 is 17.3. The Morgan fingerprint density at radius 2 is 1.81 bits per heavy atom. The van der Waals surface area contributed by atoms with Crippen molar-refractivity contribution >= 4 is 17.4 Å². The first-order chi connectivity index (χ1) is 17.7. The molecule has 0 aliphatic carbocycles. The fraction of sp³-hybridized carbons (Fsp3) is 0.448. The Balaban J connectivity index is 1.81. The molecule has 2 aliphatic heterocycles. The number of nitrogens with zero attached hydrogens (tertiary/aromatic N) is 2. The first kappa shape index (κ1) is 26.5. The van der Waals surface area contributed by atoms with Gasteiger partial charge in [0.15, 0.2) is 11.5 Å². The fourth-order valence-electron chi connectivity index (χ4n) is 4.98. The van der Waals surface area contributed by atoms with Gasteiger partial charge in [-0.2, -0.15) is 0 Å². The number of fused-ring (bicyclic) bond motifs is 1. The summed E-state index contributed by atoms with van der Waals surface area (Å²) in [5.41, 5.74) is 2.21. The van der Waals surface area contributed by atoms with Gasteiger partial charge in [-0.3, -0.25) is 9.59 Å². The molecule has 0 radical (unpaired) electrons. The van der Waals surface area contributed by atoms with Gasteiger partial charge in [0.2, 0.25) is 0 Å². The van der Waals surface area contributed by atoms with Crippen molar-refractivity contribution in [3.8, 4) is 17.2 Å². The standard InChI is InChI=1S/C29H36N2O6/c1-6-35-23-12-9-19(17-24(23)36-7-2)26-25(28(33)29(34)31(26)14-8-13-30(4)5)27(32)20-10-11-22-21(16-20)15-18(3)37-22/h9-12,16-18,26,32H,6-8,13-15H2,1-5H3/b27-25+/t18-,26+/m1/s1. The molecule has 0 bridgehead atoms. The largest absolute Gasteiger partial charge is 0.507 e. The fourth-order valence-corrected chi connectivity index (χ4v) is 4.98. The maximum atomic E-state index is 13.4. The Morgan fingerprint density at radius 3 is 2.51 bits per heavy atom. The SMILES string of the molecule is CCOc1ccc([C@H]2/C(=C(\O)c3ccc4c(c3)C[C@@H](C)O4)C(=O)C(=O)N2CCCN(C)C)cc1OCC. The third kappa shape index (κ3) is 5.44. The van der Waals surface area contributed by atoms with Gasteiger partial charge in [-0.25, -0.2) is 0 Å². The van der Waals surface area contributed by atoms with E-state index in [-0.39, 0.29) is 17.4 Å². The quantitative estimate of drug-likeness (QED) is 0.293. The van der Waals surface area contributed by atoms with Crippen LogP contribution in [0.2, 0.25) is 0 Å². The molecule has 2 atom stereocenters. The number of ketones is 1. The molecule has 0 unspecified atom stereocenters. The van der Waals surface area contributed by atoms with Gasteiger partial charge in [0.25, 0.3) is 11.7 Å². The van der Waals surface area contributed by atoms with Crippen LogP contribution in [0.25, 0.3) is 5.76 Å². The number of carbonyl (C=O) groups excluding carboxylic acids is 2. The highest BCUT2D eigenvalue weighted by molar-refractivity contribution is 6.46. The van der Waals surface area contributed by atoms with E-state index >= 15 is 0 Å². The van der Waals surface area contributed by atoms with Crippen molar-refractivity contribution in [2.45, 2.75) is 45.8 Å². The molecule has 4 rings (SSSR count). The molecule has 198 valence electrons. The molecule has 1 fully saturated rings. The summed E-state index contributed by atoms with van der Waals surface area (Å²) in [6.07, 6.45) is 1.45. The van der Waals surface area contributed by atoms with Gasteiger partial charge >= 0.3 is 0 Å². The van der Waals surface area contributed by atoms with Crippen molar-refractivity contribution in [1.29, 1.82) is 0 Å². The van der Waals surface area contributed by atoms with Crippen molar-refractivity contribution in [1.82, 2.24) is 9.80 Å². The summed E-state index contributed by atoms with van der Waals surface area (Å²) in [5.74, 6) is 0.402. The Morgan fingerprint density at radius 1 is 1.08 bits per heavy atom. The normalized spacial score (nSPS) is 20.3. The van der Waals surface area contributed by atoms with Gasteiger partial charge in [-0.05, 0) is 89.3 Å². The monoisotopic (exact) mass is 508 g/mol. The number of Topliss-reactive ketones (excluding diaryl/α,β-unsaturated/α-hetero) is 1. The number of aliphatic hydroxyl groups excluding tert-OH is 1. The van der Waals surface area contributed by atoms with Crippen LogP contribution in [-0.4, -0.2) is 73.1 Å². The molecule has 0 spiro atoms. The number of aliphatic hydroxyl groups is 1. The van der Waals surface area contributed by atoms with Crippen LogP contribution in [0.15, 0.2) is 42.0 Å².